The second kappa shape index (κ2) is 6.66. The van der Waals surface area contributed by atoms with E-state index >= 15 is 0 Å². The molecule has 0 aromatic carbocycles. The van der Waals surface area contributed by atoms with E-state index < -0.39 is 15.7 Å². The van der Waals surface area contributed by atoms with Crippen LogP contribution in [0.25, 0.3) is 11.0 Å². The summed E-state index contributed by atoms with van der Waals surface area (Å²) in [7, 11) is -4.00. The van der Waals surface area contributed by atoms with E-state index in [0.29, 0.717) is 43.2 Å². The second-order valence-corrected chi connectivity index (χ2v) is 9.10. The highest BCUT2D eigenvalue weighted by Gasteiger charge is 2.49. The molecule has 148 valence electrons. The number of aromatic nitrogens is 4. The fraction of sp³-hybridized carbons (Fsp3) is 0.688. The van der Waals surface area contributed by atoms with Gasteiger partial charge in [0.05, 0.1) is 17.5 Å². The van der Waals surface area contributed by atoms with Crippen molar-refractivity contribution >= 4 is 21.2 Å². The lowest BCUT2D eigenvalue weighted by atomic mass is 9.75. The Balaban J connectivity index is 1.69. The van der Waals surface area contributed by atoms with Crippen LogP contribution in [0, 0.1) is 11.8 Å². The maximum atomic E-state index is 12.5. The summed E-state index contributed by atoms with van der Waals surface area (Å²) in [6.45, 7) is 4.34. The highest BCUT2D eigenvalue weighted by molar-refractivity contribution is 7.85. The summed E-state index contributed by atoms with van der Waals surface area (Å²) in [4.78, 5) is 22.1. The van der Waals surface area contributed by atoms with Crippen LogP contribution in [0.4, 0.5) is 0 Å². The molecule has 1 atom stereocenters. The zero-order valence-corrected chi connectivity index (χ0v) is 15.8. The number of hydrogen-bond acceptors (Lipinski definition) is 7. The number of ether oxygens (including phenoxy) is 1. The maximum Gasteiger partial charge on any atom is 0.265 e. The highest BCUT2D eigenvalue weighted by atomic mass is 32.2. The van der Waals surface area contributed by atoms with Crippen molar-refractivity contribution < 1.29 is 17.7 Å². The van der Waals surface area contributed by atoms with Crippen molar-refractivity contribution in [3.05, 3.63) is 22.4 Å². The van der Waals surface area contributed by atoms with E-state index in [9.17, 15) is 13.2 Å². The number of nitrogens with zero attached hydrogens (tertiary/aromatic N) is 3. The SMILES string of the molecule is CC(c1nc2[nH]ncc2c(=O)[nH]1)(C1CCOCC1)N1CC(CS(=O)(=O)O)C1. The van der Waals surface area contributed by atoms with Crippen LogP contribution in [0.15, 0.2) is 11.0 Å². The Morgan fingerprint density at radius 1 is 1.37 bits per heavy atom. The minimum absolute atomic E-state index is 0.137. The van der Waals surface area contributed by atoms with E-state index in [2.05, 4.69) is 25.1 Å². The molecule has 0 aliphatic carbocycles. The molecule has 0 saturated carbocycles. The number of fused-ring (bicyclic) bond motifs is 1. The second-order valence-electron chi connectivity index (χ2n) is 7.60. The Morgan fingerprint density at radius 2 is 2.07 bits per heavy atom. The lowest BCUT2D eigenvalue weighted by molar-refractivity contribution is -0.0752. The van der Waals surface area contributed by atoms with E-state index in [-0.39, 0.29) is 23.1 Å². The number of likely N-dealkylation sites (tertiary alicyclic amines) is 1. The van der Waals surface area contributed by atoms with E-state index in [1.165, 1.54) is 6.20 Å². The van der Waals surface area contributed by atoms with Crippen LogP contribution in [0.3, 0.4) is 0 Å². The van der Waals surface area contributed by atoms with Crippen molar-refractivity contribution in [3.63, 3.8) is 0 Å². The molecule has 3 N–H and O–H groups in total. The topological polar surface area (TPSA) is 141 Å². The molecule has 0 radical (unpaired) electrons. The first-order valence-corrected chi connectivity index (χ1v) is 10.6. The third-order valence-electron chi connectivity index (χ3n) is 5.88. The molecule has 4 rings (SSSR count). The van der Waals surface area contributed by atoms with Gasteiger partial charge in [-0.15, -0.1) is 0 Å². The summed E-state index contributed by atoms with van der Waals surface area (Å²) in [5, 5.41) is 7.05. The van der Waals surface area contributed by atoms with Crippen molar-refractivity contribution in [3.8, 4) is 0 Å². The molecule has 11 heteroatoms. The number of hydrogen-bond donors (Lipinski definition) is 3. The Bertz CT molecular complexity index is 990. The Labute approximate surface area is 156 Å². The van der Waals surface area contributed by atoms with Gasteiger partial charge in [0.1, 0.15) is 11.2 Å². The quantitative estimate of drug-likeness (QED) is 0.604. The van der Waals surface area contributed by atoms with Crippen molar-refractivity contribution in [2.24, 2.45) is 11.8 Å². The standard InChI is InChI=1S/C16H23N5O5S/c1-16(11-2-4-26-5-3-11,21-7-10(8-21)9-27(23,24)25)15-18-13-12(6-17-20-13)14(22)19-15/h6,10-11H,2-5,7-9H2,1H3,(H,23,24,25)(H2,17,18,19,20,22). The normalized spacial score (nSPS) is 22.6. The number of nitrogens with one attached hydrogen (secondary N) is 2. The average molecular weight is 397 g/mol. The predicted octanol–water partition coefficient (Wildman–Crippen LogP) is 0.108. The number of H-pyrrole nitrogens is 2. The van der Waals surface area contributed by atoms with Crippen LogP contribution in [0.2, 0.25) is 0 Å². The van der Waals surface area contributed by atoms with Crippen LogP contribution in [-0.2, 0) is 20.4 Å². The predicted molar refractivity (Wildman–Crippen MR) is 96.9 cm³/mol. The van der Waals surface area contributed by atoms with Crippen LogP contribution in [-0.4, -0.2) is 70.1 Å². The molecule has 0 bridgehead atoms. The first kappa shape index (κ1) is 18.5. The lowest BCUT2D eigenvalue weighted by Gasteiger charge is -2.53. The average Bonchev–Trinajstić information content (AvgIpc) is 3.06. The molecule has 2 aromatic rings. The highest BCUT2D eigenvalue weighted by Crippen LogP contribution is 2.43. The minimum Gasteiger partial charge on any atom is -0.381 e. The van der Waals surface area contributed by atoms with Crippen molar-refractivity contribution in [2.75, 3.05) is 32.1 Å². The molecular formula is C16H23N5O5S. The molecule has 27 heavy (non-hydrogen) atoms. The summed E-state index contributed by atoms with van der Waals surface area (Å²) >= 11 is 0. The Hall–Kier alpha value is -1.82. The zero-order valence-electron chi connectivity index (χ0n) is 15.0. The summed E-state index contributed by atoms with van der Waals surface area (Å²) < 4.78 is 36.9. The first-order valence-electron chi connectivity index (χ1n) is 8.99. The Morgan fingerprint density at radius 3 is 2.74 bits per heavy atom. The largest absolute Gasteiger partial charge is 0.381 e. The third kappa shape index (κ3) is 3.40. The van der Waals surface area contributed by atoms with E-state index in [1.807, 2.05) is 6.92 Å². The lowest BCUT2D eigenvalue weighted by Crippen LogP contribution is -2.62. The van der Waals surface area contributed by atoms with Gasteiger partial charge in [0.2, 0.25) is 0 Å². The van der Waals surface area contributed by atoms with Gasteiger partial charge in [-0.3, -0.25) is 19.3 Å². The third-order valence-corrected chi connectivity index (χ3v) is 6.77. The van der Waals surface area contributed by atoms with Crippen LogP contribution in [0.1, 0.15) is 25.6 Å². The Kier molecular flexibility index (Phi) is 4.57. The van der Waals surface area contributed by atoms with Gasteiger partial charge in [0.15, 0.2) is 5.65 Å². The molecule has 4 heterocycles. The fourth-order valence-corrected chi connectivity index (χ4v) is 5.11. The van der Waals surface area contributed by atoms with Crippen LogP contribution in [0.5, 0.6) is 0 Å². The zero-order chi connectivity index (χ0) is 19.2. The van der Waals surface area contributed by atoms with Gasteiger partial charge in [-0.05, 0) is 25.7 Å². The summed E-state index contributed by atoms with van der Waals surface area (Å²) in [6.07, 6.45) is 3.09. The first-order chi connectivity index (χ1) is 12.8. The molecule has 2 saturated heterocycles. The van der Waals surface area contributed by atoms with Crippen molar-refractivity contribution in [1.82, 2.24) is 25.1 Å². The van der Waals surface area contributed by atoms with E-state index in [1.54, 1.807) is 0 Å². The molecule has 1 unspecified atom stereocenters. The van der Waals surface area contributed by atoms with Gasteiger partial charge in [-0.1, -0.05) is 0 Å². The van der Waals surface area contributed by atoms with Gasteiger partial charge in [-0.25, -0.2) is 4.98 Å². The van der Waals surface area contributed by atoms with Gasteiger partial charge in [0, 0.05) is 32.2 Å². The molecule has 0 amide bonds. The number of rotatable bonds is 5. The molecular weight excluding hydrogens is 374 g/mol. The van der Waals surface area contributed by atoms with Crippen LogP contribution >= 0.6 is 0 Å². The van der Waals surface area contributed by atoms with Gasteiger partial charge >= 0.3 is 0 Å². The van der Waals surface area contributed by atoms with Crippen LogP contribution < -0.4 is 5.56 Å². The summed E-state index contributed by atoms with van der Waals surface area (Å²) in [6, 6.07) is 0. The molecule has 2 aromatic heterocycles. The van der Waals surface area contributed by atoms with Gasteiger partial charge in [-0.2, -0.15) is 13.5 Å². The minimum atomic E-state index is -4.00. The maximum absolute atomic E-state index is 12.5. The van der Waals surface area contributed by atoms with Gasteiger partial charge < -0.3 is 9.72 Å². The molecule has 10 nitrogen and oxygen atoms in total. The monoisotopic (exact) mass is 397 g/mol. The smallest absolute Gasteiger partial charge is 0.265 e. The molecule has 2 aliphatic rings. The molecule has 2 aliphatic heterocycles. The van der Waals surface area contributed by atoms with E-state index in [0.717, 1.165) is 12.8 Å². The molecule has 0 spiro atoms. The van der Waals surface area contributed by atoms with Gasteiger partial charge in [0.25, 0.3) is 15.7 Å². The molecule has 2 fully saturated rings. The summed E-state index contributed by atoms with van der Waals surface area (Å²) in [5.41, 5.74) is -0.392. The van der Waals surface area contributed by atoms with E-state index in [4.69, 9.17) is 9.29 Å². The summed E-state index contributed by atoms with van der Waals surface area (Å²) in [5.74, 6) is 0.348. The van der Waals surface area contributed by atoms with Crippen molar-refractivity contribution in [1.29, 1.82) is 0 Å². The number of aromatic amines is 2. The fourth-order valence-electron chi connectivity index (χ4n) is 4.30. The van der Waals surface area contributed by atoms with Crippen molar-refractivity contribution in [2.45, 2.75) is 25.3 Å².